The minimum Gasteiger partial charge on any atom is -0.452 e. The third kappa shape index (κ3) is 14.1. The predicted octanol–water partition coefficient (Wildman–Crippen LogP) is 3.93. The molecule has 2 aromatic heterocycles. The summed E-state index contributed by atoms with van der Waals surface area (Å²) in [6, 6.07) is 5.31. The molecule has 5 rings (SSSR count). The number of nitrogens with zero attached hydrogens (tertiary/aromatic N) is 1. The number of carbonyl (C=O) groups excluding carboxylic acids is 8. The van der Waals surface area contributed by atoms with Gasteiger partial charge in [-0.3, -0.25) is 24.0 Å². The summed E-state index contributed by atoms with van der Waals surface area (Å²) in [7, 11) is -8.18. The van der Waals surface area contributed by atoms with Gasteiger partial charge >= 0.3 is 29.8 Å². The highest BCUT2D eigenvalue weighted by molar-refractivity contribution is 7.96. The van der Waals surface area contributed by atoms with E-state index < -0.39 is 116 Å². The van der Waals surface area contributed by atoms with E-state index in [1.807, 2.05) is 20.8 Å². The highest BCUT2D eigenvalue weighted by Gasteiger charge is 2.40. The maximum Gasteiger partial charge on any atom is 0.347 e. The minimum atomic E-state index is -4.38. The fourth-order valence-corrected chi connectivity index (χ4v) is 13.4. The van der Waals surface area contributed by atoms with Gasteiger partial charge in [-0.15, -0.1) is 11.3 Å². The molecule has 4 unspecified atom stereocenters. The number of ether oxygens (including phenoxy) is 5. The van der Waals surface area contributed by atoms with Gasteiger partial charge in [-0.2, -0.15) is 0 Å². The summed E-state index contributed by atoms with van der Waals surface area (Å²) in [5.74, 6) is -8.25. The molecule has 404 valence electrons. The number of hydrogen-bond acceptors (Lipinski definition) is 20. The number of benzene rings is 1. The van der Waals surface area contributed by atoms with Crippen LogP contribution in [-0.2, 0) is 72.2 Å². The number of amides is 2. The van der Waals surface area contributed by atoms with Gasteiger partial charge in [0.1, 0.15) is 19.9 Å². The third-order valence-electron chi connectivity index (χ3n) is 12.3. The standard InChI is InChI=1S/C49H63N5O17S3/c1-11-50-38-20-25(4)74(65,66)49-35(38)23-42(72-49)73(63,64)24-39(55)28(7)68-47(61)30(9)70-48(62)31(10)69-46(60)29(8)67-40(56)16-17-41(57)71-32-14-15-36-33(21-32)34(44(58)53-36)22-37-26(5)43(27(6)52-37)45(59)51-18-19-54(12-2)13-3/h14-15,21-23,25,28-31,38,50,52H,11-13,16-20,24H2,1-10H3,(H,51,59)(H,53,58)/b34-22-/t25-,28?,29?,30?,31?,38-/m0/s1. The zero-order chi connectivity index (χ0) is 55.0. The average molecular weight is 1090 g/mol. The molecule has 0 radical (unpaired) electrons. The quantitative estimate of drug-likeness (QED) is 0.0427. The first-order valence-corrected chi connectivity index (χ1v) is 28.0. The van der Waals surface area contributed by atoms with Gasteiger partial charge in [-0.05, 0) is 116 Å². The van der Waals surface area contributed by atoms with Crippen LogP contribution in [0.25, 0.3) is 11.6 Å². The second kappa shape index (κ2) is 24.8. The van der Waals surface area contributed by atoms with E-state index in [1.54, 1.807) is 26.0 Å². The van der Waals surface area contributed by atoms with Crippen LogP contribution in [-0.4, -0.2) is 142 Å². The highest BCUT2D eigenvalue weighted by atomic mass is 32.3. The van der Waals surface area contributed by atoms with Crippen molar-refractivity contribution in [1.82, 2.24) is 20.5 Å². The van der Waals surface area contributed by atoms with Crippen LogP contribution in [0.5, 0.6) is 5.75 Å². The number of ketones is 1. The summed E-state index contributed by atoms with van der Waals surface area (Å²) in [5, 5.41) is 8.11. The number of sulfone groups is 2. The summed E-state index contributed by atoms with van der Waals surface area (Å²) >= 11 is 0.553. The Morgan fingerprint density at radius 1 is 0.865 bits per heavy atom. The van der Waals surface area contributed by atoms with E-state index in [4.69, 9.17) is 23.7 Å². The molecule has 2 amide bonds. The van der Waals surface area contributed by atoms with Gasteiger partial charge in [0.05, 0.1) is 29.2 Å². The molecular formula is C49H63N5O17S3. The summed E-state index contributed by atoms with van der Waals surface area (Å²) in [5.41, 5.74) is 3.70. The number of aromatic nitrogens is 1. The first-order valence-electron chi connectivity index (χ1n) is 24.0. The lowest BCUT2D eigenvalue weighted by Crippen LogP contribution is -2.38. The molecule has 25 heteroatoms. The third-order valence-corrected chi connectivity index (χ3v) is 18.4. The van der Waals surface area contributed by atoms with E-state index in [0.717, 1.165) is 40.8 Å². The lowest BCUT2D eigenvalue weighted by atomic mass is 10.0. The lowest BCUT2D eigenvalue weighted by molar-refractivity contribution is -0.183. The van der Waals surface area contributed by atoms with Crippen molar-refractivity contribution >= 4 is 95.8 Å². The molecule has 22 nitrogen and oxygen atoms in total. The highest BCUT2D eigenvalue weighted by Crippen LogP contribution is 2.43. The van der Waals surface area contributed by atoms with Crippen molar-refractivity contribution in [3.63, 3.8) is 0 Å². The number of carbonyl (C=O) groups is 8. The first kappa shape index (κ1) is 58.6. The van der Waals surface area contributed by atoms with Crippen LogP contribution < -0.4 is 20.7 Å². The van der Waals surface area contributed by atoms with Crippen molar-refractivity contribution in [3.8, 4) is 5.75 Å². The van der Waals surface area contributed by atoms with Crippen molar-refractivity contribution in [2.24, 2.45) is 0 Å². The van der Waals surface area contributed by atoms with E-state index in [2.05, 4.69) is 25.8 Å². The van der Waals surface area contributed by atoms with Crippen LogP contribution in [0.1, 0.15) is 119 Å². The smallest absolute Gasteiger partial charge is 0.347 e. The fraction of sp³-hybridized carbons (Fsp3) is 0.510. The van der Waals surface area contributed by atoms with Crippen molar-refractivity contribution in [1.29, 1.82) is 0 Å². The van der Waals surface area contributed by atoms with Crippen LogP contribution in [0, 0.1) is 13.8 Å². The van der Waals surface area contributed by atoms with Crippen molar-refractivity contribution in [2.45, 2.75) is 133 Å². The molecule has 2 aliphatic heterocycles. The Balaban J connectivity index is 1.06. The topological polar surface area (TPSA) is 306 Å². The second-order valence-electron chi connectivity index (χ2n) is 17.7. The van der Waals surface area contributed by atoms with Crippen LogP contribution in [0.2, 0.25) is 0 Å². The Morgan fingerprint density at radius 2 is 1.46 bits per heavy atom. The molecule has 4 heterocycles. The number of likely N-dealkylation sites (N-methyl/N-ethyl adjacent to an activating group) is 1. The van der Waals surface area contributed by atoms with Crippen LogP contribution in [0.15, 0.2) is 32.7 Å². The Labute approximate surface area is 433 Å². The monoisotopic (exact) mass is 1090 g/mol. The largest absolute Gasteiger partial charge is 0.452 e. The molecule has 4 N–H and O–H groups in total. The Hall–Kier alpha value is -6.28. The number of H-pyrrole nitrogens is 1. The van der Waals surface area contributed by atoms with Gasteiger partial charge in [0, 0.05) is 41.8 Å². The van der Waals surface area contributed by atoms with Gasteiger partial charge in [-0.1, -0.05) is 20.8 Å². The fourth-order valence-electron chi connectivity index (χ4n) is 7.96. The van der Waals surface area contributed by atoms with E-state index in [1.165, 1.54) is 25.1 Å². The lowest BCUT2D eigenvalue weighted by Gasteiger charge is -2.27. The molecule has 0 bridgehead atoms. The number of aromatic amines is 1. The number of Topliss-reactive ketones (excluding diaryl/α,β-unsaturated/α-hetero) is 1. The summed E-state index contributed by atoms with van der Waals surface area (Å²) < 4.78 is 77.8. The minimum absolute atomic E-state index is 0.0643. The van der Waals surface area contributed by atoms with E-state index >= 15 is 0 Å². The van der Waals surface area contributed by atoms with Crippen molar-refractivity contribution < 1.29 is 78.9 Å². The van der Waals surface area contributed by atoms with Crippen LogP contribution in [0.3, 0.4) is 0 Å². The van der Waals surface area contributed by atoms with E-state index in [0.29, 0.717) is 70.3 Å². The molecule has 1 aromatic carbocycles. The molecule has 74 heavy (non-hydrogen) atoms. The average Bonchev–Trinajstić information content (AvgIpc) is 4.02. The zero-order valence-corrected chi connectivity index (χ0v) is 45.3. The van der Waals surface area contributed by atoms with Crippen LogP contribution >= 0.6 is 11.3 Å². The molecule has 0 spiro atoms. The molecule has 0 fully saturated rings. The van der Waals surface area contributed by atoms with E-state index in [9.17, 15) is 55.2 Å². The molecule has 2 aliphatic rings. The van der Waals surface area contributed by atoms with Gasteiger partial charge in [0.2, 0.25) is 0 Å². The Bertz CT molecular complexity index is 2940. The molecule has 3 aromatic rings. The zero-order valence-electron chi connectivity index (χ0n) is 42.8. The summed E-state index contributed by atoms with van der Waals surface area (Å²) in [6.07, 6.45) is -5.67. The van der Waals surface area contributed by atoms with Gasteiger partial charge in [0.15, 0.2) is 49.9 Å². The number of rotatable bonds is 24. The van der Waals surface area contributed by atoms with Gasteiger partial charge < -0.3 is 49.5 Å². The maximum absolute atomic E-state index is 13.3. The van der Waals surface area contributed by atoms with Crippen molar-refractivity contribution in [2.75, 3.05) is 43.8 Å². The Morgan fingerprint density at radius 3 is 2.07 bits per heavy atom. The SMILES string of the molecule is CCN[C@H]1C[C@H](C)S(=O)(=O)c2sc(S(=O)(=O)CC(=O)C(C)OC(=O)C(C)OC(=O)C(C)OC(=O)C(C)OC(=O)CCC(=O)Oc3ccc4c(c3)/C(=C/c3[nH]c(C)c(C(=O)NCCN(CC)CC)c3C)C(=O)N4)cc21. The van der Waals surface area contributed by atoms with E-state index in [-0.39, 0.29) is 32.1 Å². The number of hydrogen-bond donors (Lipinski definition) is 4. The van der Waals surface area contributed by atoms with Crippen molar-refractivity contribution in [3.05, 3.63) is 57.9 Å². The molecule has 6 atom stereocenters. The number of anilines is 1. The normalized spacial score (nSPS) is 18.0. The maximum atomic E-state index is 13.3. The number of nitrogens with one attached hydrogen (secondary N) is 4. The van der Waals surface area contributed by atoms with Gasteiger partial charge in [0.25, 0.3) is 11.8 Å². The first-order chi connectivity index (χ1) is 34.7. The Kier molecular flexibility index (Phi) is 19.7. The number of fused-ring (bicyclic) bond motifs is 2. The molecule has 0 saturated carbocycles. The molecule has 0 aliphatic carbocycles. The number of aryl methyl sites for hydroxylation is 1. The van der Waals surface area contributed by atoms with Gasteiger partial charge in [-0.25, -0.2) is 31.2 Å². The summed E-state index contributed by atoms with van der Waals surface area (Å²) in [6.45, 7) is 18.8. The molecular weight excluding hydrogens is 1030 g/mol. The number of thiophene rings is 1. The van der Waals surface area contributed by atoms with Crippen LogP contribution in [0.4, 0.5) is 5.69 Å². The predicted molar refractivity (Wildman–Crippen MR) is 269 cm³/mol. The number of esters is 5. The second-order valence-corrected chi connectivity index (χ2v) is 23.6. The molecule has 0 saturated heterocycles. The summed E-state index contributed by atoms with van der Waals surface area (Å²) in [4.78, 5) is 108.